The van der Waals surface area contributed by atoms with Gasteiger partial charge in [0.1, 0.15) is 5.37 Å². The molecule has 1 N–H and O–H groups in total. The number of nitrogens with one attached hydrogen (secondary N) is 1. The minimum absolute atomic E-state index is 0.0525. The van der Waals surface area contributed by atoms with Gasteiger partial charge in [-0.1, -0.05) is 6.58 Å². The van der Waals surface area contributed by atoms with E-state index in [-0.39, 0.29) is 10.9 Å². The van der Waals surface area contributed by atoms with E-state index in [1.807, 2.05) is 4.90 Å². The van der Waals surface area contributed by atoms with Gasteiger partial charge in [0, 0.05) is 42.9 Å². The predicted molar refractivity (Wildman–Crippen MR) is 84.4 cm³/mol. The summed E-state index contributed by atoms with van der Waals surface area (Å²) in [5, 5.41) is 3.02. The van der Waals surface area contributed by atoms with Gasteiger partial charge in [0.2, 0.25) is 0 Å². The van der Waals surface area contributed by atoms with Crippen molar-refractivity contribution in [3.63, 3.8) is 0 Å². The molecule has 1 aliphatic rings. The molecule has 0 bridgehead atoms. The molecule has 0 aliphatic carbocycles. The summed E-state index contributed by atoms with van der Waals surface area (Å²) in [6.07, 6.45) is 1.33. The van der Waals surface area contributed by atoms with Crippen molar-refractivity contribution in [3.8, 4) is 0 Å². The van der Waals surface area contributed by atoms with Crippen LogP contribution in [0.15, 0.2) is 12.2 Å². The second-order valence-corrected chi connectivity index (χ2v) is 9.54. The molecule has 1 heterocycles. The van der Waals surface area contributed by atoms with E-state index >= 15 is 0 Å². The number of thioether (sulfide) groups is 1. The molecule has 0 aromatic carbocycles. The number of rotatable bonds is 5. The Morgan fingerprint density at radius 1 is 1.47 bits per heavy atom. The molecule has 1 atom stereocenters. The Kier molecular flexibility index (Phi) is 5.92. The van der Waals surface area contributed by atoms with Crippen molar-refractivity contribution in [1.29, 1.82) is 0 Å². The fraction of sp³-hybridized carbons (Fsp3) is 0.846. The normalized spacial score (nSPS) is 22.4. The van der Waals surface area contributed by atoms with E-state index in [1.165, 1.54) is 6.26 Å². The SMILES string of the molecule is C=C(CNC(C)(C)C)CN1CCSCC1S(C)(=O)=O. The van der Waals surface area contributed by atoms with Gasteiger partial charge >= 0.3 is 0 Å². The summed E-state index contributed by atoms with van der Waals surface area (Å²) in [6, 6.07) is 0. The maximum Gasteiger partial charge on any atom is 0.164 e. The smallest absolute Gasteiger partial charge is 0.164 e. The Bertz CT molecular complexity index is 413. The zero-order chi connectivity index (χ0) is 14.7. The fourth-order valence-electron chi connectivity index (χ4n) is 1.92. The standard InChI is InChI=1S/C13H26N2O2S2/c1-11(8-14-13(2,3)4)9-15-6-7-18-10-12(15)19(5,16)17/h12,14H,1,6-10H2,2-5H3. The molecule has 1 aliphatic heterocycles. The molecule has 1 fully saturated rings. The molecule has 0 saturated carbocycles. The Balaban J connectivity index is 2.56. The highest BCUT2D eigenvalue weighted by Crippen LogP contribution is 2.21. The van der Waals surface area contributed by atoms with Gasteiger partial charge < -0.3 is 5.32 Å². The first kappa shape index (κ1) is 17.0. The van der Waals surface area contributed by atoms with Gasteiger partial charge in [-0.2, -0.15) is 11.8 Å². The first-order valence-electron chi connectivity index (χ1n) is 6.52. The third-order valence-corrected chi connectivity index (χ3v) is 5.67. The lowest BCUT2D eigenvalue weighted by molar-refractivity contribution is 0.289. The monoisotopic (exact) mass is 306 g/mol. The quantitative estimate of drug-likeness (QED) is 0.777. The zero-order valence-electron chi connectivity index (χ0n) is 12.4. The van der Waals surface area contributed by atoms with Gasteiger partial charge in [-0.25, -0.2) is 8.42 Å². The number of hydrogen-bond donors (Lipinski definition) is 1. The maximum atomic E-state index is 11.8. The molecule has 19 heavy (non-hydrogen) atoms. The van der Waals surface area contributed by atoms with E-state index in [0.717, 1.165) is 24.4 Å². The minimum atomic E-state index is -3.02. The van der Waals surface area contributed by atoms with Gasteiger partial charge in [-0.3, -0.25) is 4.90 Å². The van der Waals surface area contributed by atoms with Gasteiger partial charge in [0.05, 0.1) is 0 Å². The number of nitrogens with zero attached hydrogens (tertiary/aromatic N) is 1. The van der Waals surface area contributed by atoms with E-state index in [9.17, 15) is 8.42 Å². The lowest BCUT2D eigenvalue weighted by atomic mass is 10.1. The van der Waals surface area contributed by atoms with Crippen molar-refractivity contribution >= 4 is 21.6 Å². The summed E-state index contributed by atoms with van der Waals surface area (Å²) in [5.74, 6) is 1.66. The molecule has 6 heteroatoms. The zero-order valence-corrected chi connectivity index (χ0v) is 14.0. The van der Waals surface area contributed by atoms with Crippen LogP contribution in [-0.2, 0) is 9.84 Å². The molecule has 1 saturated heterocycles. The van der Waals surface area contributed by atoms with Crippen molar-refractivity contribution < 1.29 is 8.42 Å². The van der Waals surface area contributed by atoms with Crippen LogP contribution < -0.4 is 5.32 Å². The maximum absolute atomic E-state index is 11.8. The van der Waals surface area contributed by atoms with Gasteiger partial charge in [-0.15, -0.1) is 0 Å². The van der Waals surface area contributed by atoms with E-state index in [2.05, 4.69) is 32.7 Å². The van der Waals surface area contributed by atoms with E-state index in [1.54, 1.807) is 11.8 Å². The highest BCUT2D eigenvalue weighted by molar-refractivity contribution is 8.00. The van der Waals surface area contributed by atoms with Crippen molar-refractivity contribution in [2.75, 3.05) is 37.4 Å². The lowest BCUT2D eigenvalue weighted by Gasteiger charge is -2.34. The highest BCUT2D eigenvalue weighted by Gasteiger charge is 2.30. The van der Waals surface area contributed by atoms with Crippen molar-refractivity contribution in [2.24, 2.45) is 0 Å². The summed E-state index contributed by atoms with van der Waals surface area (Å²) in [5.41, 5.74) is 1.09. The molecule has 0 amide bonds. The number of sulfone groups is 1. The summed E-state index contributed by atoms with van der Waals surface area (Å²) in [4.78, 5) is 2.04. The fourth-order valence-corrected chi connectivity index (χ4v) is 4.87. The largest absolute Gasteiger partial charge is 0.308 e. The predicted octanol–water partition coefficient (Wildman–Crippen LogP) is 1.35. The Morgan fingerprint density at radius 3 is 2.63 bits per heavy atom. The van der Waals surface area contributed by atoms with Gasteiger partial charge in [-0.05, 0) is 26.3 Å². The summed E-state index contributed by atoms with van der Waals surface area (Å²) < 4.78 is 23.6. The Labute approximate surface area is 121 Å². The Hall–Kier alpha value is -0.0400. The number of hydrogen-bond acceptors (Lipinski definition) is 5. The second kappa shape index (κ2) is 6.61. The van der Waals surface area contributed by atoms with Crippen LogP contribution in [0, 0.1) is 0 Å². The van der Waals surface area contributed by atoms with E-state index in [4.69, 9.17) is 0 Å². The second-order valence-electron chi connectivity index (χ2n) is 6.18. The molecule has 112 valence electrons. The molecule has 0 aromatic rings. The van der Waals surface area contributed by atoms with Crippen LogP contribution in [-0.4, -0.2) is 61.6 Å². The van der Waals surface area contributed by atoms with Crippen molar-refractivity contribution in [3.05, 3.63) is 12.2 Å². The average molecular weight is 306 g/mol. The molecule has 1 rings (SSSR count). The highest BCUT2D eigenvalue weighted by atomic mass is 32.2. The van der Waals surface area contributed by atoms with E-state index in [0.29, 0.717) is 12.3 Å². The molecule has 0 spiro atoms. The summed E-state index contributed by atoms with van der Waals surface area (Å²) >= 11 is 1.71. The van der Waals surface area contributed by atoms with Crippen LogP contribution in [0.5, 0.6) is 0 Å². The third-order valence-electron chi connectivity index (χ3n) is 2.98. The molecule has 0 radical (unpaired) electrons. The van der Waals surface area contributed by atoms with Crippen molar-refractivity contribution in [2.45, 2.75) is 31.7 Å². The van der Waals surface area contributed by atoms with Crippen LogP contribution in [0.25, 0.3) is 0 Å². The van der Waals surface area contributed by atoms with Crippen LogP contribution in [0.2, 0.25) is 0 Å². The molecule has 4 nitrogen and oxygen atoms in total. The summed E-state index contributed by atoms with van der Waals surface area (Å²) in [7, 11) is -3.02. The van der Waals surface area contributed by atoms with Crippen LogP contribution in [0.3, 0.4) is 0 Å². The topological polar surface area (TPSA) is 49.4 Å². The summed E-state index contributed by atoms with van der Waals surface area (Å²) in [6.45, 7) is 12.6. The first-order chi connectivity index (χ1) is 8.59. The van der Waals surface area contributed by atoms with E-state index < -0.39 is 9.84 Å². The third kappa shape index (κ3) is 6.29. The lowest BCUT2D eigenvalue weighted by Crippen LogP contribution is -2.48. The van der Waals surface area contributed by atoms with Crippen LogP contribution >= 0.6 is 11.8 Å². The molecule has 1 unspecified atom stereocenters. The first-order valence-corrected chi connectivity index (χ1v) is 9.63. The minimum Gasteiger partial charge on any atom is -0.308 e. The van der Waals surface area contributed by atoms with Gasteiger partial charge in [0.25, 0.3) is 0 Å². The average Bonchev–Trinajstić information content (AvgIpc) is 2.25. The van der Waals surface area contributed by atoms with Gasteiger partial charge in [0.15, 0.2) is 9.84 Å². The molecule has 0 aromatic heterocycles. The van der Waals surface area contributed by atoms with Crippen LogP contribution in [0.4, 0.5) is 0 Å². The molecular formula is C13H26N2O2S2. The van der Waals surface area contributed by atoms with Crippen LogP contribution in [0.1, 0.15) is 20.8 Å². The van der Waals surface area contributed by atoms with Crippen molar-refractivity contribution in [1.82, 2.24) is 10.2 Å². The Morgan fingerprint density at radius 2 is 2.11 bits per heavy atom. The molecular weight excluding hydrogens is 280 g/mol.